The van der Waals surface area contributed by atoms with E-state index in [1.54, 1.807) is 31.2 Å². The van der Waals surface area contributed by atoms with Gasteiger partial charge in [-0.2, -0.15) is 13.2 Å². The first kappa shape index (κ1) is 22.8. The number of nitrogens with zero attached hydrogens (tertiary/aromatic N) is 2. The number of hydrogen-bond acceptors (Lipinski definition) is 4. The van der Waals surface area contributed by atoms with Gasteiger partial charge in [-0.25, -0.2) is 4.98 Å². The van der Waals surface area contributed by atoms with Crippen molar-refractivity contribution in [2.75, 3.05) is 18.9 Å². The van der Waals surface area contributed by atoms with E-state index in [0.717, 1.165) is 23.5 Å². The molecule has 3 rings (SSSR count). The summed E-state index contributed by atoms with van der Waals surface area (Å²) in [6.07, 6.45) is -4.42. The molecule has 3 aromatic rings. The van der Waals surface area contributed by atoms with E-state index < -0.39 is 23.6 Å². The third-order valence-corrected chi connectivity index (χ3v) is 5.85. The van der Waals surface area contributed by atoms with Gasteiger partial charge in [0.05, 0.1) is 28.5 Å². The van der Waals surface area contributed by atoms with Gasteiger partial charge >= 0.3 is 6.18 Å². The van der Waals surface area contributed by atoms with Gasteiger partial charge in [-0.05, 0) is 31.2 Å². The zero-order valence-corrected chi connectivity index (χ0v) is 18.0. The molecule has 0 fully saturated rings. The molecular formula is C21H17ClF3N3O2S. The predicted octanol–water partition coefficient (Wildman–Crippen LogP) is 5.50. The number of hydrogen-bond donors (Lipinski definition) is 1. The molecule has 0 aliphatic carbocycles. The fourth-order valence-electron chi connectivity index (χ4n) is 2.73. The zero-order chi connectivity index (χ0) is 22.8. The summed E-state index contributed by atoms with van der Waals surface area (Å²) in [6.45, 7) is 1.42. The molecule has 1 aromatic heterocycles. The summed E-state index contributed by atoms with van der Waals surface area (Å²) in [5, 5.41) is 3.44. The lowest BCUT2D eigenvalue weighted by Gasteiger charge is -2.16. The number of carbonyl (C=O) groups excluding carboxylic acids is 2. The van der Waals surface area contributed by atoms with Crippen molar-refractivity contribution in [2.24, 2.45) is 0 Å². The summed E-state index contributed by atoms with van der Waals surface area (Å²) in [4.78, 5) is 30.9. The van der Waals surface area contributed by atoms with Crippen LogP contribution >= 0.6 is 22.9 Å². The van der Waals surface area contributed by atoms with Gasteiger partial charge in [0.2, 0.25) is 5.91 Å². The van der Waals surface area contributed by atoms with Crippen LogP contribution in [-0.4, -0.2) is 35.3 Å². The molecule has 0 aliphatic heterocycles. The van der Waals surface area contributed by atoms with Crippen molar-refractivity contribution in [3.63, 3.8) is 0 Å². The van der Waals surface area contributed by atoms with Crippen LogP contribution in [-0.2, 0) is 11.0 Å². The predicted molar refractivity (Wildman–Crippen MR) is 114 cm³/mol. The van der Waals surface area contributed by atoms with Gasteiger partial charge in [-0.3, -0.25) is 9.59 Å². The van der Waals surface area contributed by atoms with E-state index in [2.05, 4.69) is 10.3 Å². The quantitative estimate of drug-likeness (QED) is 0.539. The number of para-hydroxylation sites is 1. The number of amides is 2. The smallest absolute Gasteiger partial charge is 0.332 e. The van der Waals surface area contributed by atoms with E-state index in [-0.39, 0.29) is 6.54 Å². The van der Waals surface area contributed by atoms with Crippen LogP contribution in [0.15, 0.2) is 48.5 Å². The van der Waals surface area contributed by atoms with Crippen LogP contribution in [0.5, 0.6) is 0 Å². The highest BCUT2D eigenvalue weighted by Crippen LogP contribution is 2.33. The van der Waals surface area contributed by atoms with Crippen LogP contribution in [0.4, 0.5) is 18.9 Å². The number of benzene rings is 2. The van der Waals surface area contributed by atoms with Crippen LogP contribution < -0.4 is 5.32 Å². The van der Waals surface area contributed by atoms with Gasteiger partial charge in [0, 0.05) is 12.6 Å². The highest BCUT2D eigenvalue weighted by Gasteiger charge is 2.30. The summed E-state index contributed by atoms with van der Waals surface area (Å²) in [7, 11) is 1.48. The van der Waals surface area contributed by atoms with Crippen LogP contribution in [0, 0.1) is 6.92 Å². The Bertz CT molecular complexity index is 1110. The summed E-state index contributed by atoms with van der Waals surface area (Å²) < 4.78 is 38.2. The second-order valence-corrected chi connectivity index (χ2v) is 8.10. The SMILES string of the molecule is Cc1nc(-c2ccc(C(F)(F)F)cc2)sc1C(=O)N(C)CC(=O)Nc1ccccc1Cl. The van der Waals surface area contributed by atoms with Gasteiger partial charge in [0.1, 0.15) is 9.88 Å². The van der Waals surface area contributed by atoms with E-state index in [4.69, 9.17) is 11.6 Å². The molecule has 2 amide bonds. The number of nitrogens with one attached hydrogen (secondary N) is 1. The number of likely N-dealkylation sites (N-methyl/N-ethyl adjacent to an activating group) is 1. The Morgan fingerprint density at radius 2 is 1.77 bits per heavy atom. The Hall–Kier alpha value is -2.91. The second-order valence-electron chi connectivity index (χ2n) is 6.70. The topological polar surface area (TPSA) is 62.3 Å². The molecule has 10 heteroatoms. The lowest BCUT2D eigenvalue weighted by atomic mass is 10.1. The van der Waals surface area contributed by atoms with Gasteiger partial charge < -0.3 is 10.2 Å². The zero-order valence-electron chi connectivity index (χ0n) is 16.5. The Morgan fingerprint density at radius 1 is 1.13 bits per heavy atom. The summed E-state index contributed by atoms with van der Waals surface area (Å²) >= 11 is 7.08. The van der Waals surface area contributed by atoms with Crippen molar-refractivity contribution < 1.29 is 22.8 Å². The summed E-state index contributed by atoms with van der Waals surface area (Å²) in [5.74, 6) is -0.837. The maximum absolute atomic E-state index is 12.8. The van der Waals surface area contributed by atoms with E-state index >= 15 is 0 Å². The number of alkyl halides is 3. The number of carbonyl (C=O) groups is 2. The van der Waals surface area contributed by atoms with Crippen molar-refractivity contribution in [1.29, 1.82) is 0 Å². The lowest BCUT2D eigenvalue weighted by molar-refractivity contribution is -0.137. The molecule has 0 atom stereocenters. The molecule has 0 aliphatic rings. The maximum Gasteiger partial charge on any atom is 0.416 e. The van der Waals surface area contributed by atoms with Crippen molar-refractivity contribution in [3.8, 4) is 10.6 Å². The number of aryl methyl sites for hydroxylation is 1. The number of anilines is 1. The summed E-state index contributed by atoms with van der Waals surface area (Å²) in [6, 6.07) is 11.3. The molecule has 0 radical (unpaired) electrons. The highest BCUT2D eigenvalue weighted by molar-refractivity contribution is 7.17. The molecule has 0 unspecified atom stereocenters. The Kier molecular flexibility index (Phi) is 6.66. The normalized spacial score (nSPS) is 11.3. The molecule has 0 bridgehead atoms. The monoisotopic (exact) mass is 467 g/mol. The fourth-order valence-corrected chi connectivity index (χ4v) is 3.98. The van der Waals surface area contributed by atoms with Gasteiger partial charge in [-0.1, -0.05) is 35.9 Å². The first-order valence-corrected chi connectivity index (χ1v) is 10.2. The van der Waals surface area contributed by atoms with E-state index in [9.17, 15) is 22.8 Å². The minimum atomic E-state index is -4.42. The highest BCUT2D eigenvalue weighted by atomic mass is 35.5. The maximum atomic E-state index is 12.8. The molecule has 1 heterocycles. The molecule has 0 spiro atoms. The number of halogens is 4. The fraction of sp³-hybridized carbons (Fsp3) is 0.190. The Labute approximate surface area is 185 Å². The van der Waals surface area contributed by atoms with E-state index in [0.29, 0.717) is 31.9 Å². The average molecular weight is 468 g/mol. The average Bonchev–Trinajstić information content (AvgIpc) is 3.10. The third kappa shape index (κ3) is 5.42. The van der Waals surface area contributed by atoms with Gasteiger partial charge in [0.15, 0.2) is 0 Å². The Morgan fingerprint density at radius 3 is 2.39 bits per heavy atom. The third-order valence-electron chi connectivity index (χ3n) is 4.33. The molecule has 5 nitrogen and oxygen atoms in total. The van der Waals surface area contributed by atoms with Crippen LogP contribution in [0.2, 0.25) is 5.02 Å². The lowest BCUT2D eigenvalue weighted by Crippen LogP contribution is -2.34. The number of thiazole rings is 1. The van der Waals surface area contributed by atoms with Crippen molar-refractivity contribution in [2.45, 2.75) is 13.1 Å². The van der Waals surface area contributed by atoms with Crippen molar-refractivity contribution in [3.05, 3.63) is 69.7 Å². The van der Waals surface area contributed by atoms with Gasteiger partial charge in [0.25, 0.3) is 5.91 Å². The second kappa shape index (κ2) is 9.07. The molecule has 2 aromatic carbocycles. The molecule has 0 saturated heterocycles. The molecule has 162 valence electrons. The van der Waals surface area contributed by atoms with Crippen LogP contribution in [0.25, 0.3) is 10.6 Å². The van der Waals surface area contributed by atoms with E-state index in [1.165, 1.54) is 24.1 Å². The number of aromatic nitrogens is 1. The van der Waals surface area contributed by atoms with Crippen molar-refractivity contribution >= 4 is 40.4 Å². The van der Waals surface area contributed by atoms with Crippen molar-refractivity contribution in [1.82, 2.24) is 9.88 Å². The minimum absolute atomic E-state index is 0.211. The minimum Gasteiger partial charge on any atom is -0.332 e. The van der Waals surface area contributed by atoms with Gasteiger partial charge in [-0.15, -0.1) is 11.3 Å². The first-order chi connectivity index (χ1) is 14.6. The molecular weight excluding hydrogens is 451 g/mol. The molecule has 0 saturated carbocycles. The number of rotatable bonds is 5. The van der Waals surface area contributed by atoms with Crippen LogP contribution in [0.1, 0.15) is 20.9 Å². The standard InChI is InChI=1S/C21H17ClF3N3O2S/c1-12-18(31-19(26-12)13-7-9-14(10-8-13)21(23,24)25)20(30)28(2)11-17(29)27-16-6-4-3-5-15(16)22/h3-10H,11H2,1-2H3,(H,27,29). The molecule has 1 N–H and O–H groups in total. The first-order valence-electron chi connectivity index (χ1n) is 9.01. The molecule has 31 heavy (non-hydrogen) atoms. The Balaban J connectivity index is 1.71. The largest absolute Gasteiger partial charge is 0.416 e. The summed E-state index contributed by atoms with van der Waals surface area (Å²) in [5.41, 5.74) is 0.584. The van der Waals surface area contributed by atoms with E-state index in [1.807, 2.05) is 0 Å². The van der Waals surface area contributed by atoms with Crippen LogP contribution in [0.3, 0.4) is 0 Å².